The first-order chi connectivity index (χ1) is 9.88. The van der Waals surface area contributed by atoms with E-state index in [2.05, 4.69) is 4.90 Å². The molecule has 1 fully saturated rings. The highest BCUT2D eigenvalue weighted by Gasteiger charge is 2.29. The number of piperazine rings is 1. The van der Waals surface area contributed by atoms with Gasteiger partial charge >= 0.3 is 0 Å². The van der Waals surface area contributed by atoms with Gasteiger partial charge in [0.15, 0.2) is 0 Å². The van der Waals surface area contributed by atoms with Crippen LogP contribution in [0.2, 0.25) is 0 Å². The maximum atomic E-state index is 13.3. The number of aromatic hydroxyl groups is 1. The van der Waals surface area contributed by atoms with Crippen LogP contribution in [-0.2, 0) is 0 Å². The largest absolute Gasteiger partial charge is 0.507 e. The van der Waals surface area contributed by atoms with Crippen molar-refractivity contribution in [2.75, 3.05) is 26.2 Å². The number of carbonyl (C=O) groups is 1. The van der Waals surface area contributed by atoms with E-state index >= 15 is 0 Å². The van der Waals surface area contributed by atoms with Gasteiger partial charge in [-0.1, -0.05) is 0 Å². The Balaban J connectivity index is 2.09. The van der Waals surface area contributed by atoms with Gasteiger partial charge in [-0.3, -0.25) is 9.69 Å². The molecule has 2 atom stereocenters. The predicted molar refractivity (Wildman–Crippen MR) is 76.7 cm³/mol. The van der Waals surface area contributed by atoms with Gasteiger partial charge in [0.05, 0.1) is 11.7 Å². The highest BCUT2D eigenvalue weighted by atomic mass is 19.1. The Labute approximate surface area is 123 Å². The van der Waals surface area contributed by atoms with Gasteiger partial charge in [-0.25, -0.2) is 4.39 Å². The van der Waals surface area contributed by atoms with Crippen LogP contribution in [-0.4, -0.2) is 64.2 Å². The lowest BCUT2D eigenvalue weighted by atomic mass is 10.1. The predicted octanol–water partition coefficient (Wildman–Crippen LogP) is 1.06. The third-order valence-corrected chi connectivity index (χ3v) is 3.68. The Morgan fingerprint density at radius 1 is 1.48 bits per heavy atom. The van der Waals surface area contributed by atoms with E-state index in [1.165, 1.54) is 6.07 Å². The summed E-state index contributed by atoms with van der Waals surface area (Å²) < 4.78 is 13.3. The zero-order chi connectivity index (χ0) is 15.6. The number of β-amino-alcohol motifs (C(OH)–C–C–N with tert-alkyl or cyclic N) is 1. The summed E-state index contributed by atoms with van der Waals surface area (Å²) >= 11 is 0. The highest BCUT2D eigenvalue weighted by Crippen LogP contribution is 2.22. The zero-order valence-corrected chi connectivity index (χ0v) is 12.3. The molecule has 1 aliphatic heterocycles. The van der Waals surface area contributed by atoms with Gasteiger partial charge in [0.2, 0.25) is 0 Å². The average Bonchev–Trinajstić information content (AvgIpc) is 2.40. The molecule has 1 saturated heterocycles. The number of halogens is 1. The van der Waals surface area contributed by atoms with E-state index in [1.807, 2.05) is 6.92 Å². The lowest BCUT2D eigenvalue weighted by Gasteiger charge is -2.40. The Morgan fingerprint density at radius 3 is 2.81 bits per heavy atom. The van der Waals surface area contributed by atoms with Gasteiger partial charge < -0.3 is 15.1 Å². The molecule has 1 aliphatic rings. The second-order valence-electron chi connectivity index (χ2n) is 5.62. The molecular formula is C15H21FN2O3. The smallest absolute Gasteiger partial charge is 0.258 e. The summed E-state index contributed by atoms with van der Waals surface area (Å²) in [6.45, 7) is 5.99. The molecule has 1 aromatic carbocycles. The van der Waals surface area contributed by atoms with Crippen molar-refractivity contribution in [1.29, 1.82) is 0 Å². The number of carbonyl (C=O) groups excluding carboxylic acids is 1. The van der Waals surface area contributed by atoms with Crippen LogP contribution < -0.4 is 0 Å². The summed E-state index contributed by atoms with van der Waals surface area (Å²) in [6, 6.07) is 3.31. The first kappa shape index (κ1) is 15.7. The lowest BCUT2D eigenvalue weighted by molar-refractivity contribution is 0.0380. The normalized spacial score (nSPS) is 21.3. The van der Waals surface area contributed by atoms with E-state index in [0.717, 1.165) is 12.1 Å². The molecule has 1 aromatic rings. The van der Waals surface area contributed by atoms with Gasteiger partial charge in [0, 0.05) is 32.2 Å². The molecule has 0 saturated carbocycles. The number of rotatable bonds is 3. The number of phenols is 1. The summed E-state index contributed by atoms with van der Waals surface area (Å²) in [4.78, 5) is 16.2. The van der Waals surface area contributed by atoms with Gasteiger partial charge in [-0.05, 0) is 32.0 Å². The molecule has 2 N–H and O–H groups in total. The first-order valence-electron chi connectivity index (χ1n) is 7.08. The number of amides is 1. The summed E-state index contributed by atoms with van der Waals surface area (Å²) in [7, 11) is 0. The molecule has 6 heteroatoms. The van der Waals surface area contributed by atoms with Crippen molar-refractivity contribution in [2.24, 2.45) is 0 Å². The standard InChI is InChI=1S/C15H21FN2O3/c1-10-8-17(9-11(2)19)5-6-18(10)15(21)13-7-12(16)3-4-14(13)20/h3-4,7,10-11,19-20H,5-6,8-9H2,1-2H3/t10-,11+/m1/s1. The van der Waals surface area contributed by atoms with E-state index in [-0.39, 0.29) is 23.3 Å². The molecule has 5 nitrogen and oxygen atoms in total. The topological polar surface area (TPSA) is 64.0 Å². The molecule has 0 aromatic heterocycles. The number of benzene rings is 1. The van der Waals surface area contributed by atoms with Crippen LogP contribution >= 0.6 is 0 Å². The number of hydrogen-bond acceptors (Lipinski definition) is 4. The SMILES string of the molecule is C[C@H](O)CN1CCN(C(=O)c2cc(F)ccc2O)[C@H](C)C1. The summed E-state index contributed by atoms with van der Waals surface area (Å²) in [5.41, 5.74) is -0.00849. The van der Waals surface area contributed by atoms with Gasteiger partial charge in [0.1, 0.15) is 11.6 Å². The summed E-state index contributed by atoms with van der Waals surface area (Å²) in [5, 5.41) is 19.1. The second-order valence-corrected chi connectivity index (χ2v) is 5.62. The average molecular weight is 296 g/mol. The first-order valence-corrected chi connectivity index (χ1v) is 7.08. The van der Waals surface area contributed by atoms with Crippen LogP contribution in [0.15, 0.2) is 18.2 Å². The molecule has 2 rings (SSSR count). The number of hydrogen-bond donors (Lipinski definition) is 2. The third kappa shape index (κ3) is 3.71. The van der Waals surface area contributed by atoms with Crippen molar-refractivity contribution in [3.05, 3.63) is 29.6 Å². The van der Waals surface area contributed by atoms with Crippen LogP contribution in [0.4, 0.5) is 4.39 Å². The Morgan fingerprint density at radius 2 is 2.19 bits per heavy atom. The van der Waals surface area contributed by atoms with E-state index < -0.39 is 11.9 Å². The molecule has 116 valence electrons. The lowest BCUT2D eigenvalue weighted by Crippen LogP contribution is -2.55. The van der Waals surface area contributed by atoms with Crippen molar-refractivity contribution in [3.8, 4) is 5.75 Å². The van der Waals surface area contributed by atoms with Crippen LogP contribution in [0.1, 0.15) is 24.2 Å². The minimum Gasteiger partial charge on any atom is -0.507 e. The van der Waals surface area contributed by atoms with E-state index in [1.54, 1.807) is 11.8 Å². The minimum absolute atomic E-state index is 0.00849. The van der Waals surface area contributed by atoms with E-state index in [0.29, 0.717) is 26.2 Å². The van der Waals surface area contributed by atoms with E-state index in [9.17, 15) is 19.4 Å². The van der Waals surface area contributed by atoms with Crippen molar-refractivity contribution < 1.29 is 19.4 Å². The molecule has 0 spiro atoms. The fourth-order valence-corrected chi connectivity index (χ4v) is 2.71. The van der Waals surface area contributed by atoms with Crippen molar-refractivity contribution in [1.82, 2.24) is 9.80 Å². The number of phenolic OH excluding ortho intramolecular Hbond substituents is 1. The van der Waals surface area contributed by atoms with Gasteiger partial charge in [0.25, 0.3) is 5.91 Å². The van der Waals surface area contributed by atoms with Crippen LogP contribution in [0.5, 0.6) is 5.75 Å². The van der Waals surface area contributed by atoms with Crippen LogP contribution in [0.25, 0.3) is 0 Å². The van der Waals surface area contributed by atoms with E-state index in [4.69, 9.17) is 0 Å². The quantitative estimate of drug-likeness (QED) is 0.875. The number of aliphatic hydroxyl groups excluding tert-OH is 1. The molecular weight excluding hydrogens is 275 g/mol. The fraction of sp³-hybridized carbons (Fsp3) is 0.533. The Hall–Kier alpha value is -1.66. The molecule has 0 radical (unpaired) electrons. The molecule has 1 amide bonds. The Kier molecular flexibility index (Phi) is 4.80. The molecule has 1 heterocycles. The maximum Gasteiger partial charge on any atom is 0.258 e. The van der Waals surface area contributed by atoms with Crippen molar-refractivity contribution in [2.45, 2.75) is 26.0 Å². The van der Waals surface area contributed by atoms with Crippen LogP contribution in [0.3, 0.4) is 0 Å². The zero-order valence-electron chi connectivity index (χ0n) is 12.3. The molecule has 21 heavy (non-hydrogen) atoms. The number of aliphatic hydroxyl groups is 1. The second kappa shape index (κ2) is 6.41. The van der Waals surface area contributed by atoms with Crippen LogP contribution in [0, 0.1) is 5.82 Å². The Bertz CT molecular complexity index is 522. The maximum absolute atomic E-state index is 13.3. The van der Waals surface area contributed by atoms with Crippen molar-refractivity contribution in [3.63, 3.8) is 0 Å². The number of nitrogens with zero attached hydrogens (tertiary/aromatic N) is 2. The summed E-state index contributed by atoms with van der Waals surface area (Å²) in [5.74, 6) is -1.12. The fourth-order valence-electron chi connectivity index (χ4n) is 2.71. The molecule has 0 aliphatic carbocycles. The third-order valence-electron chi connectivity index (χ3n) is 3.68. The van der Waals surface area contributed by atoms with Gasteiger partial charge in [-0.2, -0.15) is 0 Å². The molecule has 0 bridgehead atoms. The van der Waals surface area contributed by atoms with Crippen molar-refractivity contribution >= 4 is 5.91 Å². The van der Waals surface area contributed by atoms with Gasteiger partial charge in [-0.15, -0.1) is 0 Å². The summed E-state index contributed by atoms with van der Waals surface area (Å²) in [6.07, 6.45) is -0.410. The highest BCUT2D eigenvalue weighted by molar-refractivity contribution is 5.97. The minimum atomic E-state index is -0.545. The monoisotopic (exact) mass is 296 g/mol. The molecule has 0 unspecified atom stereocenters.